The third-order valence-corrected chi connectivity index (χ3v) is 5.97. The van der Waals surface area contributed by atoms with Crippen molar-refractivity contribution in [2.75, 3.05) is 5.88 Å². The molecule has 3 rings (SSSR count). The first-order valence-corrected chi connectivity index (χ1v) is 11.2. The van der Waals surface area contributed by atoms with E-state index >= 15 is 0 Å². The molecule has 158 valence electrons. The van der Waals surface area contributed by atoms with E-state index in [-0.39, 0.29) is 16.7 Å². The highest BCUT2D eigenvalue weighted by molar-refractivity contribution is 7.09. The number of fused-ring (bicyclic) bond motifs is 1. The number of thiazole rings is 1. The molecular formula is C22H24ClN3O3S. The van der Waals surface area contributed by atoms with Crippen LogP contribution in [-0.4, -0.2) is 31.3 Å². The molecular weight excluding hydrogens is 422 g/mol. The molecule has 0 saturated carbocycles. The number of rotatable bonds is 9. The van der Waals surface area contributed by atoms with Crippen molar-refractivity contribution in [3.8, 4) is 0 Å². The van der Waals surface area contributed by atoms with Gasteiger partial charge in [0.05, 0.1) is 16.3 Å². The number of nitrogens with zero attached hydrogens (tertiary/aromatic N) is 3. The normalized spacial score (nSPS) is 12.1. The molecule has 0 amide bonds. The van der Waals surface area contributed by atoms with Crippen LogP contribution in [0.2, 0.25) is 0 Å². The molecule has 0 unspecified atom stereocenters. The second-order valence-corrected chi connectivity index (χ2v) is 8.69. The summed E-state index contributed by atoms with van der Waals surface area (Å²) in [5.74, 6) is -0.267. The Bertz CT molecular complexity index is 1130. The van der Waals surface area contributed by atoms with Gasteiger partial charge in [-0.3, -0.25) is 9.20 Å². The van der Waals surface area contributed by atoms with E-state index in [9.17, 15) is 14.7 Å². The van der Waals surface area contributed by atoms with E-state index in [1.54, 1.807) is 17.5 Å². The SMILES string of the molecule is CC(C)c1csc(CCc2ccn3c(=O)c(/C=C(\CCCCl)C(=O)O)cnc3c2)n1. The minimum atomic E-state index is -1.05. The van der Waals surface area contributed by atoms with Crippen LogP contribution in [0, 0.1) is 0 Å². The summed E-state index contributed by atoms with van der Waals surface area (Å²) in [6.45, 7) is 4.26. The van der Waals surface area contributed by atoms with Crippen LogP contribution in [0.3, 0.4) is 0 Å². The summed E-state index contributed by atoms with van der Waals surface area (Å²) in [7, 11) is 0. The molecule has 0 aliphatic carbocycles. The lowest BCUT2D eigenvalue weighted by Crippen LogP contribution is -2.18. The maximum atomic E-state index is 12.8. The highest BCUT2D eigenvalue weighted by Gasteiger charge is 2.11. The lowest BCUT2D eigenvalue weighted by Gasteiger charge is -2.06. The van der Waals surface area contributed by atoms with E-state index in [2.05, 4.69) is 29.2 Å². The van der Waals surface area contributed by atoms with Crippen molar-refractivity contribution in [2.45, 2.75) is 45.4 Å². The Morgan fingerprint density at radius 1 is 1.37 bits per heavy atom. The van der Waals surface area contributed by atoms with Crippen molar-refractivity contribution in [1.29, 1.82) is 0 Å². The lowest BCUT2D eigenvalue weighted by molar-refractivity contribution is -0.132. The molecule has 6 nitrogen and oxygen atoms in total. The molecule has 0 aromatic carbocycles. The summed E-state index contributed by atoms with van der Waals surface area (Å²) in [6, 6.07) is 3.78. The minimum absolute atomic E-state index is 0.148. The molecule has 3 aromatic heterocycles. The molecule has 3 aromatic rings. The zero-order chi connectivity index (χ0) is 21.7. The van der Waals surface area contributed by atoms with Gasteiger partial charge in [0, 0.05) is 35.6 Å². The quantitative estimate of drug-likeness (QED) is 0.386. The van der Waals surface area contributed by atoms with Gasteiger partial charge in [-0.05, 0) is 49.0 Å². The Morgan fingerprint density at radius 2 is 2.17 bits per heavy atom. The summed E-state index contributed by atoms with van der Waals surface area (Å²) in [5, 5.41) is 12.5. The van der Waals surface area contributed by atoms with Gasteiger partial charge in [0.25, 0.3) is 5.56 Å². The number of carboxylic acid groups (broad SMARTS) is 1. The highest BCUT2D eigenvalue weighted by Crippen LogP contribution is 2.19. The van der Waals surface area contributed by atoms with Crippen LogP contribution in [0.5, 0.6) is 0 Å². The van der Waals surface area contributed by atoms with Gasteiger partial charge in [-0.2, -0.15) is 0 Å². The maximum absolute atomic E-state index is 12.8. The topological polar surface area (TPSA) is 84.6 Å². The fourth-order valence-corrected chi connectivity index (χ4v) is 4.12. The van der Waals surface area contributed by atoms with Crippen LogP contribution >= 0.6 is 22.9 Å². The number of hydrogen-bond donors (Lipinski definition) is 1. The molecule has 0 fully saturated rings. The smallest absolute Gasteiger partial charge is 0.331 e. The Hall–Kier alpha value is -2.51. The lowest BCUT2D eigenvalue weighted by atomic mass is 10.1. The third-order valence-electron chi connectivity index (χ3n) is 4.77. The number of aliphatic carboxylic acids is 1. The predicted molar refractivity (Wildman–Crippen MR) is 121 cm³/mol. The Morgan fingerprint density at radius 3 is 2.83 bits per heavy atom. The van der Waals surface area contributed by atoms with Gasteiger partial charge in [-0.1, -0.05) is 13.8 Å². The van der Waals surface area contributed by atoms with E-state index in [0.717, 1.165) is 29.1 Å². The van der Waals surface area contributed by atoms with Crippen LogP contribution in [0.15, 0.2) is 40.3 Å². The number of hydrogen-bond acceptors (Lipinski definition) is 5. The summed E-state index contributed by atoms with van der Waals surface area (Å²) in [4.78, 5) is 33.2. The van der Waals surface area contributed by atoms with Crippen molar-refractivity contribution in [3.05, 3.63) is 67.7 Å². The number of halogens is 1. The van der Waals surface area contributed by atoms with Gasteiger partial charge in [0.15, 0.2) is 0 Å². The van der Waals surface area contributed by atoms with Crippen LogP contribution in [0.4, 0.5) is 0 Å². The molecule has 8 heteroatoms. The van der Waals surface area contributed by atoms with Gasteiger partial charge in [-0.25, -0.2) is 14.8 Å². The molecule has 30 heavy (non-hydrogen) atoms. The van der Waals surface area contributed by atoms with Crippen molar-refractivity contribution in [2.24, 2.45) is 0 Å². The second kappa shape index (κ2) is 10.00. The third kappa shape index (κ3) is 5.34. The van der Waals surface area contributed by atoms with Crippen LogP contribution in [-0.2, 0) is 17.6 Å². The van der Waals surface area contributed by atoms with Gasteiger partial charge in [-0.15, -0.1) is 22.9 Å². The summed E-state index contributed by atoms with van der Waals surface area (Å²) in [6.07, 6.45) is 6.98. The zero-order valence-corrected chi connectivity index (χ0v) is 18.5. The Labute approximate surface area is 183 Å². The Kier molecular flexibility index (Phi) is 7.39. The largest absolute Gasteiger partial charge is 0.478 e. The number of aromatic nitrogens is 3. The number of alkyl halides is 1. The van der Waals surface area contributed by atoms with E-state index in [1.807, 2.05) is 12.1 Å². The van der Waals surface area contributed by atoms with Crippen molar-refractivity contribution in [1.82, 2.24) is 14.4 Å². The first-order valence-electron chi connectivity index (χ1n) is 9.83. The van der Waals surface area contributed by atoms with Gasteiger partial charge in [0.1, 0.15) is 5.65 Å². The molecule has 1 N–H and O–H groups in total. The first kappa shape index (κ1) is 22.2. The van der Waals surface area contributed by atoms with Crippen LogP contribution < -0.4 is 5.56 Å². The number of carboxylic acids is 1. The fourth-order valence-electron chi connectivity index (χ4n) is 3.03. The van der Waals surface area contributed by atoms with Gasteiger partial charge < -0.3 is 5.11 Å². The molecule has 0 saturated heterocycles. The molecule has 0 aliphatic heterocycles. The molecule has 0 bridgehead atoms. The molecule has 0 radical (unpaired) electrons. The van der Waals surface area contributed by atoms with Crippen molar-refractivity contribution in [3.63, 3.8) is 0 Å². The zero-order valence-electron chi connectivity index (χ0n) is 17.0. The summed E-state index contributed by atoms with van der Waals surface area (Å²) in [5.41, 5.74) is 2.83. The summed E-state index contributed by atoms with van der Waals surface area (Å²) >= 11 is 7.33. The van der Waals surface area contributed by atoms with Crippen LogP contribution in [0.25, 0.3) is 11.7 Å². The number of pyridine rings is 1. The maximum Gasteiger partial charge on any atom is 0.331 e. The van der Waals surface area contributed by atoms with Crippen LogP contribution in [0.1, 0.15) is 54.4 Å². The average molecular weight is 446 g/mol. The van der Waals surface area contributed by atoms with E-state index < -0.39 is 5.97 Å². The first-order chi connectivity index (χ1) is 14.4. The number of aryl methyl sites for hydroxylation is 2. The highest BCUT2D eigenvalue weighted by atomic mass is 35.5. The molecule has 3 heterocycles. The monoisotopic (exact) mass is 445 g/mol. The average Bonchev–Trinajstić information content (AvgIpc) is 3.20. The van der Waals surface area contributed by atoms with Crippen molar-refractivity contribution >= 4 is 40.6 Å². The minimum Gasteiger partial charge on any atom is -0.478 e. The predicted octanol–water partition coefficient (Wildman–Crippen LogP) is 4.55. The van der Waals surface area contributed by atoms with E-state index in [1.165, 1.54) is 16.7 Å². The second-order valence-electron chi connectivity index (χ2n) is 7.37. The van der Waals surface area contributed by atoms with E-state index in [0.29, 0.717) is 30.3 Å². The number of carbonyl (C=O) groups is 1. The van der Waals surface area contributed by atoms with E-state index in [4.69, 9.17) is 11.6 Å². The fraction of sp³-hybridized carbons (Fsp3) is 0.364. The molecule has 0 spiro atoms. The Balaban J connectivity index is 1.81. The molecule has 0 atom stereocenters. The molecule has 0 aliphatic rings. The van der Waals surface area contributed by atoms with Gasteiger partial charge in [0.2, 0.25) is 0 Å². The summed E-state index contributed by atoms with van der Waals surface area (Å²) < 4.78 is 1.44. The van der Waals surface area contributed by atoms with Gasteiger partial charge >= 0.3 is 5.97 Å². The standard InChI is InChI=1S/C22H24ClN3O3S/c1-14(2)18-13-30-20(25-18)6-5-15-7-9-26-19(10-15)24-12-17(21(26)27)11-16(22(28)29)4-3-8-23/h7,9-14H,3-6,8H2,1-2H3,(H,28,29)/b16-11+. The van der Waals surface area contributed by atoms with Crippen molar-refractivity contribution < 1.29 is 9.90 Å².